The monoisotopic (exact) mass is 232 g/mol. The van der Waals surface area contributed by atoms with Gasteiger partial charge < -0.3 is 14.2 Å². The van der Waals surface area contributed by atoms with Crippen molar-refractivity contribution in [1.82, 2.24) is 0 Å². The van der Waals surface area contributed by atoms with Gasteiger partial charge in [0.25, 0.3) is 0 Å². The number of methoxy groups -OCH3 is 1. The van der Waals surface area contributed by atoms with Gasteiger partial charge in [-0.25, -0.2) is 4.79 Å². The van der Waals surface area contributed by atoms with E-state index in [4.69, 9.17) is 14.2 Å². The molecule has 0 aromatic carbocycles. The number of hydrogen-bond acceptors (Lipinski definition) is 4. The second kappa shape index (κ2) is 5.64. The zero-order chi connectivity index (χ0) is 13.0. The van der Waals surface area contributed by atoms with Crippen LogP contribution >= 0.6 is 0 Å². The van der Waals surface area contributed by atoms with Crippen molar-refractivity contribution >= 4 is 5.97 Å². The van der Waals surface area contributed by atoms with Crippen LogP contribution in [0.4, 0.5) is 0 Å². The molecule has 0 aliphatic rings. The summed E-state index contributed by atoms with van der Waals surface area (Å²) in [5.41, 5.74) is -0.912. The Kier molecular flexibility index (Phi) is 5.42. The normalized spacial score (nSPS) is 14.7. The Balaban J connectivity index is 4.47. The van der Waals surface area contributed by atoms with Gasteiger partial charge in [0.05, 0.1) is 12.2 Å². The van der Waals surface area contributed by atoms with Gasteiger partial charge in [-0.1, -0.05) is 0 Å². The molecule has 0 saturated carbocycles. The molecule has 0 saturated heterocycles. The van der Waals surface area contributed by atoms with Gasteiger partial charge in [0.1, 0.15) is 5.60 Å². The van der Waals surface area contributed by atoms with Crippen molar-refractivity contribution in [2.45, 2.75) is 58.8 Å². The molecule has 4 heteroatoms. The first-order chi connectivity index (χ1) is 7.05. The molecule has 0 radical (unpaired) electrons. The van der Waals surface area contributed by atoms with Crippen molar-refractivity contribution in [3.8, 4) is 0 Å². The van der Waals surface area contributed by atoms with Crippen molar-refractivity contribution in [3.05, 3.63) is 0 Å². The predicted molar refractivity (Wildman–Crippen MR) is 62.3 cm³/mol. The molecule has 0 aliphatic carbocycles. The Hall–Kier alpha value is -0.610. The number of carbonyl (C=O) groups is 1. The van der Waals surface area contributed by atoms with Crippen LogP contribution in [-0.2, 0) is 19.0 Å². The molecule has 0 amide bonds. The summed E-state index contributed by atoms with van der Waals surface area (Å²) < 4.78 is 15.8. The van der Waals surface area contributed by atoms with E-state index in [2.05, 4.69) is 0 Å². The summed E-state index contributed by atoms with van der Waals surface area (Å²) in [4.78, 5) is 11.8. The van der Waals surface area contributed by atoms with Crippen molar-refractivity contribution in [2.24, 2.45) is 0 Å². The lowest BCUT2D eigenvalue weighted by Crippen LogP contribution is -2.40. The molecule has 0 fully saturated rings. The maximum absolute atomic E-state index is 11.8. The highest BCUT2D eigenvalue weighted by molar-refractivity contribution is 5.75. The Labute approximate surface area is 98.3 Å². The number of hydrogen-bond donors (Lipinski definition) is 0. The topological polar surface area (TPSA) is 44.8 Å². The van der Waals surface area contributed by atoms with E-state index >= 15 is 0 Å². The highest BCUT2D eigenvalue weighted by Crippen LogP contribution is 2.15. The number of carbonyl (C=O) groups excluding carboxylic acids is 1. The van der Waals surface area contributed by atoms with Crippen LogP contribution in [0, 0.1) is 0 Å². The average molecular weight is 232 g/mol. The number of esters is 1. The zero-order valence-electron chi connectivity index (χ0n) is 11.4. The van der Waals surface area contributed by atoms with Gasteiger partial charge in [-0.3, -0.25) is 0 Å². The van der Waals surface area contributed by atoms with Crippen LogP contribution < -0.4 is 0 Å². The molecule has 0 heterocycles. The first-order valence-electron chi connectivity index (χ1n) is 5.45. The van der Waals surface area contributed by atoms with Gasteiger partial charge in [-0.15, -0.1) is 0 Å². The van der Waals surface area contributed by atoms with Crippen LogP contribution in [-0.4, -0.2) is 37.0 Å². The van der Waals surface area contributed by atoms with Crippen LogP contribution in [0.2, 0.25) is 0 Å². The number of ether oxygens (including phenoxy) is 3. The summed E-state index contributed by atoms with van der Waals surface area (Å²) >= 11 is 0. The molecule has 0 aliphatic heterocycles. The summed E-state index contributed by atoms with van der Waals surface area (Å²) in [6, 6.07) is 0. The van der Waals surface area contributed by atoms with E-state index in [9.17, 15) is 4.79 Å². The van der Waals surface area contributed by atoms with E-state index in [0.717, 1.165) is 0 Å². The molecule has 4 nitrogen and oxygen atoms in total. The van der Waals surface area contributed by atoms with Gasteiger partial charge >= 0.3 is 5.97 Å². The molecule has 0 aromatic heterocycles. The van der Waals surface area contributed by atoms with Gasteiger partial charge in [0, 0.05) is 7.11 Å². The van der Waals surface area contributed by atoms with Crippen molar-refractivity contribution in [2.75, 3.05) is 13.7 Å². The third kappa shape index (κ3) is 7.65. The maximum atomic E-state index is 11.8. The minimum absolute atomic E-state index is 0.201. The predicted octanol–water partition coefficient (Wildman–Crippen LogP) is 2.16. The lowest BCUT2D eigenvalue weighted by molar-refractivity contribution is -0.181. The fourth-order valence-electron chi connectivity index (χ4n) is 1.10. The van der Waals surface area contributed by atoms with Crippen molar-refractivity contribution < 1.29 is 19.0 Å². The molecule has 96 valence electrons. The van der Waals surface area contributed by atoms with E-state index in [-0.39, 0.29) is 12.6 Å². The van der Waals surface area contributed by atoms with Crippen LogP contribution in [0.15, 0.2) is 0 Å². The molecular formula is C12H24O4. The van der Waals surface area contributed by atoms with Crippen LogP contribution in [0.1, 0.15) is 41.5 Å². The van der Waals surface area contributed by atoms with Gasteiger partial charge in [0.15, 0.2) is 6.10 Å². The molecule has 0 bridgehead atoms. The van der Waals surface area contributed by atoms with Gasteiger partial charge in [-0.05, 0) is 41.5 Å². The van der Waals surface area contributed by atoms with Gasteiger partial charge in [-0.2, -0.15) is 0 Å². The molecule has 0 rings (SSSR count). The standard InChI is InChI=1S/C12H24O4/c1-11(2,3)15-9(8-14-7)10(13)16-12(4,5)6/h9H,8H2,1-7H3/t9-/m0/s1. The first-order valence-corrected chi connectivity index (χ1v) is 5.45. The van der Waals surface area contributed by atoms with E-state index in [1.807, 2.05) is 41.5 Å². The second-order valence-corrected chi connectivity index (χ2v) is 5.71. The number of rotatable bonds is 4. The molecule has 0 N–H and O–H groups in total. The Morgan fingerprint density at radius 1 is 1.06 bits per heavy atom. The average Bonchev–Trinajstić information content (AvgIpc) is 1.97. The smallest absolute Gasteiger partial charge is 0.338 e. The highest BCUT2D eigenvalue weighted by Gasteiger charge is 2.29. The summed E-state index contributed by atoms with van der Waals surface area (Å²) in [5.74, 6) is -0.385. The minimum Gasteiger partial charge on any atom is -0.458 e. The summed E-state index contributed by atoms with van der Waals surface area (Å²) in [5, 5.41) is 0. The van der Waals surface area contributed by atoms with Crippen molar-refractivity contribution in [3.63, 3.8) is 0 Å². The summed E-state index contributed by atoms with van der Waals surface area (Å²) in [6.45, 7) is 11.3. The third-order valence-corrected chi connectivity index (χ3v) is 1.48. The van der Waals surface area contributed by atoms with Crippen LogP contribution in [0.25, 0.3) is 0 Å². The Morgan fingerprint density at radius 3 is 1.88 bits per heavy atom. The summed E-state index contributed by atoms with van der Waals surface area (Å²) in [6.07, 6.45) is -0.677. The molecule has 16 heavy (non-hydrogen) atoms. The maximum Gasteiger partial charge on any atom is 0.338 e. The lowest BCUT2D eigenvalue weighted by Gasteiger charge is -2.28. The van der Waals surface area contributed by atoms with E-state index < -0.39 is 17.3 Å². The highest BCUT2D eigenvalue weighted by atomic mass is 16.6. The fraction of sp³-hybridized carbons (Fsp3) is 0.917. The SMILES string of the molecule is COC[C@H](OC(C)(C)C)C(=O)OC(C)(C)C. The fourth-order valence-corrected chi connectivity index (χ4v) is 1.10. The second-order valence-electron chi connectivity index (χ2n) is 5.71. The zero-order valence-corrected chi connectivity index (χ0v) is 11.4. The molecule has 0 unspecified atom stereocenters. The first kappa shape index (κ1) is 15.4. The third-order valence-electron chi connectivity index (χ3n) is 1.48. The van der Waals surface area contributed by atoms with Crippen molar-refractivity contribution in [1.29, 1.82) is 0 Å². The van der Waals surface area contributed by atoms with E-state index in [1.54, 1.807) is 0 Å². The Bertz CT molecular complexity index is 222. The molecular weight excluding hydrogens is 208 g/mol. The summed E-state index contributed by atoms with van der Waals surface area (Å²) in [7, 11) is 1.53. The molecule has 0 spiro atoms. The Morgan fingerprint density at radius 2 is 1.56 bits per heavy atom. The largest absolute Gasteiger partial charge is 0.458 e. The molecule has 0 aromatic rings. The van der Waals surface area contributed by atoms with E-state index in [0.29, 0.717) is 0 Å². The van der Waals surface area contributed by atoms with Crippen LogP contribution in [0.5, 0.6) is 0 Å². The molecule has 1 atom stereocenters. The van der Waals surface area contributed by atoms with Gasteiger partial charge in [0.2, 0.25) is 0 Å². The minimum atomic E-state index is -0.677. The van der Waals surface area contributed by atoms with E-state index in [1.165, 1.54) is 7.11 Å². The van der Waals surface area contributed by atoms with Crippen LogP contribution in [0.3, 0.4) is 0 Å². The lowest BCUT2D eigenvalue weighted by atomic mass is 10.1. The quantitative estimate of drug-likeness (QED) is 0.697.